The molecule has 0 unspecified atom stereocenters. The number of rotatable bonds is 4. The number of Topliss-reactive ketones (excluding diaryl/α,β-unsaturated/α-hetero) is 1. The van der Waals surface area contributed by atoms with Gasteiger partial charge in [0.1, 0.15) is 4.90 Å². The lowest BCUT2D eigenvalue weighted by atomic mass is 10.1. The first-order chi connectivity index (χ1) is 10.8. The minimum absolute atomic E-state index is 0.0462. The predicted octanol–water partition coefficient (Wildman–Crippen LogP) is 2.80. The molecule has 6 nitrogen and oxygen atoms in total. The van der Waals surface area contributed by atoms with E-state index in [1.54, 1.807) is 0 Å². The standard InChI is InChI=1S/C14H16BrClN2O4S/c15-9-12(19)10-4-5-11(16)13(8-10)23(21,22)17-14(20)18-6-2-1-3-7-18/h4-5,8H,1-3,6-7,9H2,(H,17,20). The van der Waals surface area contributed by atoms with Crippen molar-refractivity contribution in [3.63, 3.8) is 0 Å². The Kier molecular flexibility index (Phi) is 6.05. The lowest BCUT2D eigenvalue weighted by Gasteiger charge is -2.26. The Balaban J connectivity index is 2.24. The number of benzene rings is 1. The topological polar surface area (TPSA) is 83.5 Å². The summed E-state index contributed by atoms with van der Waals surface area (Å²) in [6, 6.07) is 3.28. The highest BCUT2D eigenvalue weighted by atomic mass is 79.9. The minimum atomic E-state index is -4.14. The molecular weight excluding hydrogens is 408 g/mol. The third-order valence-electron chi connectivity index (χ3n) is 3.53. The molecule has 126 valence electrons. The second-order valence-corrected chi connectivity index (χ2v) is 7.78. The summed E-state index contributed by atoms with van der Waals surface area (Å²) in [4.78, 5) is 25.0. The van der Waals surface area contributed by atoms with Gasteiger partial charge in [-0.15, -0.1) is 0 Å². The maximum Gasteiger partial charge on any atom is 0.331 e. The molecule has 1 N–H and O–H groups in total. The number of carbonyl (C=O) groups is 2. The van der Waals surface area contributed by atoms with Gasteiger partial charge in [-0.05, 0) is 37.5 Å². The van der Waals surface area contributed by atoms with Gasteiger partial charge in [0.05, 0.1) is 10.4 Å². The third-order valence-corrected chi connectivity index (χ3v) is 5.84. The van der Waals surface area contributed by atoms with Crippen LogP contribution in [0.25, 0.3) is 0 Å². The van der Waals surface area contributed by atoms with Crippen molar-refractivity contribution < 1.29 is 18.0 Å². The number of likely N-dealkylation sites (tertiary alicyclic amines) is 1. The first-order valence-electron chi connectivity index (χ1n) is 7.05. The monoisotopic (exact) mass is 422 g/mol. The molecule has 1 heterocycles. The summed E-state index contributed by atoms with van der Waals surface area (Å²) in [5, 5.41) is 0.0175. The third kappa shape index (κ3) is 4.45. The molecule has 0 spiro atoms. The van der Waals surface area contributed by atoms with Crippen molar-refractivity contribution in [2.45, 2.75) is 24.2 Å². The highest BCUT2D eigenvalue weighted by Crippen LogP contribution is 2.23. The van der Waals surface area contributed by atoms with Crippen LogP contribution in [0.5, 0.6) is 0 Å². The fourth-order valence-corrected chi connectivity index (χ4v) is 4.11. The van der Waals surface area contributed by atoms with E-state index < -0.39 is 16.1 Å². The quantitative estimate of drug-likeness (QED) is 0.596. The van der Waals surface area contributed by atoms with E-state index in [-0.39, 0.29) is 26.6 Å². The molecule has 2 amide bonds. The smallest absolute Gasteiger partial charge is 0.324 e. The van der Waals surface area contributed by atoms with E-state index in [1.165, 1.54) is 23.1 Å². The van der Waals surface area contributed by atoms with Crippen LogP contribution in [-0.2, 0) is 10.0 Å². The number of hydrogen-bond donors (Lipinski definition) is 1. The van der Waals surface area contributed by atoms with E-state index in [0.717, 1.165) is 19.3 Å². The van der Waals surface area contributed by atoms with Gasteiger partial charge in [0.15, 0.2) is 5.78 Å². The minimum Gasteiger partial charge on any atom is -0.324 e. The second-order valence-electron chi connectivity index (χ2n) is 5.16. The molecule has 0 aliphatic carbocycles. The SMILES string of the molecule is O=C(CBr)c1ccc(Cl)c(S(=O)(=O)NC(=O)N2CCCCC2)c1. The molecule has 23 heavy (non-hydrogen) atoms. The van der Waals surface area contributed by atoms with Crippen molar-refractivity contribution in [3.8, 4) is 0 Å². The predicted molar refractivity (Wildman–Crippen MR) is 90.7 cm³/mol. The van der Waals surface area contributed by atoms with E-state index in [1.807, 2.05) is 4.72 Å². The maximum atomic E-state index is 12.4. The van der Waals surface area contributed by atoms with Gasteiger partial charge >= 0.3 is 6.03 Å². The molecule has 9 heteroatoms. The van der Waals surface area contributed by atoms with E-state index in [2.05, 4.69) is 15.9 Å². The van der Waals surface area contributed by atoms with E-state index in [0.29, 0.717) is 13.1 Å². The zero-order chi connectivity index (χ0) is 17.0. The van der Waals surface area contributed by atoms with Crippen molar-refractivity contribution in [3.05, 3.63) is 28.8 Å². The molecule has 1 aliphatic heterocycles. The van der Waals surface area contributed by atoms with E-state index in [4.69, 9.17) is 11.6 Å². The normalized spacial score (nSPS) is 15.3. The number of nitrogens with one attached hydrogen (secondary N) is 1. The number of sulfonamides is 1. The molecule has 0 radical (unpaired) electrons. The molecule has 0 aromatic heterocycles. The number of alkyl halides is 1. The Bertz CT molecular complexity index is 717. The van der Waals surface area contributed by atoms with Crippen LogP contribution in [0.15, 0.2) is 23.1 Å². The molecule has 1 aromatic carbocycles. The average molecular weight is 424 g/mol. The summed E-state index contributed by atoms with van der Waals surface area (Å²) >= 11 is 8.96. The van der Waals surface area contributed by atoms with Gasteiger partial charge in [0.25, 0.3) is 10.0 Å². The van der Waals surface area contributed by atoms with Crippen molar-refractivity contribution in [1.82, 2.24) is 9.62 Å². The van der Waals surface area contributed by atoms with E-state index in [9.17, 15) is 18.0 Å². The van der Waals surface area contributed by atoms with Gasteiger partial charge in [0, 0.05) is 18.7 Å². The summed E-state index contributed by atoms with van der Waals surface area (Å²) in [5.74, 6) is -0.277. The van der Waals surface area contributed by atoms with Gasteiger partial charge in [-0.2, -0.15) is 0 Å². The maximum absolute atomic E-state index is 12.4. The number of halogens is 2. The van der Waals surface area contributed by atoms with Gasteiger partial charge in [-0.1, -0.05) is 27.5 Å². The fraction of sp³-hybridized carbons (Fsp3) is 0.429. The second kappa shape index (κ2) is 7.63. The summed E-state index contributed by atoms with van der Waals surface area (Å²) in [7, 11) is -4.14. The molecule has 0 saturated carbocycles. The number of ketones is 1. The Morgan fingerprint density at radius 1 is 1.22 bits per heavy atom. The van der Waals surface area contributed by atoms with Gasteiger partial charge in [-0.25, -0.2) is 17.9 Å². The van der Waals surface area contributed by atoms with Crippen LogP contribution >= 0.6 is 27.5 Å². The van der Waals surface area contributed by atoms with Crippen LogP contribution in [0.2, 0.25) is 5.02 Å². The van der Waals surface area contributed by atoms with Crippen LogP contribution in [0.1, 0.15) is 29.6 Å². The number of carbonyl (C=O) groups excluding carboxylic acids is 2. The summed E-state index contributed by atoms with van der Waals surface area (Å²) in [5.41, 5.74) is 0.206. The lowest BCUT2D eigenvalue weighted by Crippen LogP contribution is -2.45. The van der Waals surface area contributed by atoms with Crippen LogP contribution in [0.3, 0.4) is 0 Å². The molecule has 0 atom stereocenters. The molecule has 2 rings (SSSR count). The summed E-state index contributed by atoms with van der Waals surface area (Å²) < 4.78 is 26.8. The molecule has 1 aliphatic rings. The van der Waals surface area contributed by atoms with E-state index >= 15 is 0 Å². The Hall–Kier alpha value is -1.12. The van der Waals surface area contributed by atoms with Crippen LogP contribution in [-0.4, -0.2) is 43.6 Å². The first-order valence-corrected chi connectivity index (χ1v) is 10.0. The van der Waals surface area contributed by atoms with Crippen molar-refractivity contribution in [2.75, 3.05) is 18.4 Å². The number of nitrogens with zero attached hydrogens (tertiary/aromatic N) is 1. The van der Waals surface area contributed by atoms with Crippen LogP contribution in [0, 0.1) is 0 Å². The highest BCUT2D eigenvalue weighted by Gasteiger charge is 2.25. The first kappa shape index (κ1) is 18.2. The molecule has 1 aromatic rings. The molecule has 1 fully saturated rings. The van der Waals surface area contributed by atoms with Crippen molar-refractivity contribution in [1.29, 1.82) is 0 Å². The Morgan fingerprint density at radius 2 is 1.87 bits per heavy atom. The number of urea groups is 1. The van der Waals surface area contributed by atoms with Gasteiger partial charge < -0.3 is 4.90 Å². The zero-order valence-electron chi connectivity index (χ0n) is 12.2. The largest absolute Gasteiger partial charge is 0.331 e. The molecule has 0 bridgehead atoms. The summed E-state index contributed by atoms with van der Waals surface area (Å²) in [6.45, 7) is 1.05. The number of hydrogen-bond acceptors (Lipinski definition) is 4. The Morgan fingerprint density at radius 3 is 2.48 bits per heavy atom. The molecule has 1 saturated heterocycles. The highest BCUT2D eigenvalue weighted by molar-refractivity contribution is 9.09. The van der Waals surface area contributed by atoms with Crippen molar-refractivity contribution in [2.24, 2.45) is 0 Å². The van der Waals surface area contributed by atoms with Crippen LogP contribution in [0.4, 0.5) is 4.79 Å². The summed E-state index contributed by atoms with van der Waals surface area (Å²) in [6.07, 6.45) is 2.73. The Labute approximate surface area is 148 Å². The van der Waals surface area contributed by atoms with Crippen molar-refractivity contribution >= 4 is 49.4 Å². The number of amides is 2. The fourth-order valence-electron chi connectivity index (χ4n) is 2.29. The zero-order valence-corrected chi connectivity index (χ0v) is 15.4. The average Bonchev–Trinajstić information content (AvgIpc) is 2.54. The lowest BCUT2D eigenvalue weighted by molar-refractivity contribution is 0.102. The van der Waals surface area contributed by atoms with Gasteiger partial charge in [0.2, 0.25) is 0 Å². The van der Waals surface area contributed by atoms with Gasteiger partial charge in [-0.3, -0.25) is 4.79 Å². The van der Waals surface area contributed by atoms with Crippen LogP contribution < -0.4 is 4.72 Å². The molecular formula is C14H16BrClN2O4S. The number of piperidine rings is 1.